The van der Waals surface area contributed by atoms with Gasteiger partial charge in [-0.1, -0.05) is 18.2 Å². The van der Waals surface area contributed by atoms with Crippen molar-refractivity contribution in [2.24, 2.45) is 0 Å². The Bertz CT molecular complexity index is 483. The van der Waals surface area contributed by atoms with E-state index >= 15 is 0 Å². The molecule has 1 amide bonds. The fourth-order valence-corrected chi connectivity index (χ4v) is 1.13. The van der Waals surface area contributed by atoms with E-state index in [9.17, 15) is 9.18 Å². The van der Waals surface area contributed by atoms with E-state index in [-0.39, 0.29) is 11.4 Å². The van der Waals surface area contributed by atoms with Gasteiger partial charge in [0.15, 0.2) is 0 Å². The van der Waals surface area contributed by atoms with Crippen molar-refractivity contribution in [1.82, 2.24) is 5.32 Å². The summed E-state index contributed by atoms with van der Waals surface area (Å²) >= 11 is 0. The van der Waals surface area contributed by atoms with Gasteiger partial charge in [-0.2, -0.15) is 5.26 Å². The monoisotopic (exact) mass is 230 g/mol. The molecule has 3 nitrogen and oxygen atoms in total. The molecule has 1 rings (SSSR count). The molecule has 0 radical (unpaired) electrons. The van der Waals surface area contributed by atoms with Crippen LogP contribution in [-0.2, 0) is 4.79 Å². The molecule has 1 aromatic carbocycles. The van der Waals surface area contributed by atoms with Crippen molar-refractivity contribution in [3.05, 3.63) is 53.9 Å². The van der Waals surface area contributed by atoms with Crippen LogP contribution in [0.25, 0.3) is 6.08 Å². The summed E-state index contributed by atoms with van der Waals surface area (Å²) in [7, 11) is 0. The SMILES string of the molecule is C=CCNC(=O)/C(C#N)=C/c1ccc(F)cc1. The van der Waals surface area contributed by atoms with Crippen molar-refractivity contribution in [1.29, 1.82) is 5.26 Å². The van der Waals surface area contributed by atoms with Crippen molar-refractivity contribution in [3.8, 4) is 6.07 Å². The van der Waals surface area contributed by atoms with Crippen LogP contribution in [0.4, 0.5) is 4.39 Å². The van der Waals surface area contributed by atoms with E-state index < -0.39 is 5.91 Å². The van der Waals surface area contributed by atoms with Crippen LogP contribution < -0.4 is 5.32 Å². The van der Waals surface area contributed by atoms with E-state index in [1.165, 1.54) is 36.4 Å². The Labute approximate surface area is 98.9 Å². The number of benzene rings is 1. The molecule has 0 atom stereocenters. The van der Waals surface area contributed by atoms with Crippen LogP contribution in [0, 0.1) is 17.1 Å². The van der Waals surface area contributed by atoms with Gasteiger partial charge in [-0.15, -0.1) is 6.58 Å². The molecule has 1 N–H and O–H groups in total. The standard InChI is InChI=1S/C13H11FN2O/c1-2-7-16-13(17)11(9-15)8-10-3-5-12(14)6-4-10/h2-6,8H,1,7H2,(H,16,17)/b11-8+. The first-order valence-electron chi connectivity index (χ1n) is 4.94. The van der Waals surface area contributed by atoms with Gasteiger partial charge in [0.1, 0.15) is 17.5 Å². The molecule has 17 heavy (non-hydrogen) atoms. The molecular formula is C13H11FN2O. The zero-order chi connectivity index (χ0) is 12.7. The Morgan fingerprint density at radius 3 is 2.65 bits per heavy atom. The Balaban J connectivity index is 2.87. The molecule has 0 aliphatic rings. The van der Waals surface area contributed by atoms with Gasteiger partial charge in [0, 0.05) is 6.54 Å². The molecule has 0 heterocycles. The molecule has 0 spiro atoms. The lowest BCUT2D eigenvalue weighted by Gasteiger charge is -2.00. The summed E-state index contributed by atoms with van der Waals surface area (Å²) in [5, 5.41) is 11.3. The first-order chi connectivity index (χ1) is 8.17. The number of nitriles is 1. The first-order valence-corrected chi connectivity index (χ1v) is 4.94. The maximum Gasteiger partial charge on any atom is 0.262 e. The number of rotatable bonds is 4. The first kappa shape index (κ1) is 12.7. The molecule has 0 saturated heterocycles. The molecule has 86 valence electrons. The minimum atomic E-state index is -0.475. The number of hydrogen-bond acceptors (Lipinski definition) is 2. The lowest BCUT2D eigenvalue weighted by molar-refractivity contribution is -0.116. The summed E-state index contributed by atoms with van der Waals surface area (Å²) in [4.78, 5) is 11.5. The smallest absolute Gasteiger partial charge is 0.262 e. The van der Waals surface area contributed by atoms with Crippen LogP contribution in [0.3, 0.4) is 0 Å². The molecule has 0 unspecified atom stereocenters. The van der Waals surface area contributed by atoms with E-state index in [0.717, 1.165) is 0 Å². The Hall–Kier alpha value is -2.41. The quantitative estimate of drug-likeness (QED) is 0.489. The van der Waals surface area contributed by atoms with E-state index in [1.54, 1.807) is 6.07 Å². The van der Waals surface area contributed by atoms with E-state index in [4.69, 9.17) is 5.26 Å². The third-order valence-electron chi connectivity index (χ3n) is 1.95. The van der Waals surface area contributed by atoms with Crippen molar-refractivity contribution in [3.63, 3.8) is 0 Å². The fourth-order valence-electron chi connectivity index (χ4n) is 1.13. The second-order valence-corrected chi connectivity index (χ2v) is 3.22. The molecule has 4 heteroatoms. The normalized spacial score (nSPS) is 10.5. The molecule has 0 aliphatic heterocycles. The van der Waals surface area contributed by atoms with Gasteiger partial charge in [0.25, 0.3) is 5.91 Å². The van der Waals surface area contributed by atoms with Gasteiger partial charge < -0.3 is 5.32 Å². The third kappa shape index (κ3) is 3.92. The minimum absolute atomic E-state index is 0.0292. The molecule has 1 aromatic rings. The Morgan fingerprint density at radius 1 is 1.47 bits per heavy atom. The zero-order valence-electron chi connectivity index (χ0n) is 9.11. The van der Waals surface area contributed by atoms with Crippen LogP contribution in [0.2, 0.25) is 0 Å². The van der Waals surface area contributed by atoms with Crippen molar-refractivity contribution < 1.29 is 9.18 Å². The van der Waals surface area contributed by atoms with Crippen molar-refractivity contribution in [2.45, 2.75) is 0 Å². The van der Waals surface area contributed by atoms with Gasteiger partial charge >= 0.3 is 0 Å². The molecule has 0 bridgehead atoms. The van der Waals surface area contributed by atoms with E-state index in [0.29, 0.717) is 12.1 Å². The van der Waals surface area contributed by atoms with Gasteiger partial charge in [-0.3, -0.25) is 4.79 Å². The summed E-state index contributed by atoms with van der Waals surface area (Å²) in [5.74, 6) is -0.839. The second kappa shape index (κ2) is 6.23. The Morgan fingerprint density at radius 2 is 2.12 bits per heavy atom. The molecule has 0 fully saturated rings. The van der Waals surface area contributed by atoms with Crippen LogP contribution in [0.15, 0.2) is 42.5 Å². The maximum atomic E-state index is 12.7. The predicted octanol–water partition coefficient (Wildman–Crippen LogP) is 2.03. The topological polar surface area (TPSA) is 52.9 Å². The van der Waals surface area contributed by atoms with Crippen molar-refractivity contribution in [2.75, 3.05) is 6.54 Å². The molecule has 0 saturated carbocycles. The highest BCUT2D eigenvalue weighted by Gasteiger charge is 2.07. The highest BCUT2D eigenvalue weighted by molar-refractivity contribution is 6.01. The maximum absolute atomic E-state index is 12.7. The summed E-state index contributed by atoms with van der Waals surface area (Å²) < 4.78 is 12.7. The van der Waals surface area contributed by atoms with Gasteiger partial charge in [0.2, 0.25) is 0 Å². The van der Waals surface area contributed by atoms with Gasteiger partial charge in [-0.25, -0.2) is 4.39 Å². The number of carbonyl (C=O) groups excluding carboxylic acids is 1. The van der Waals surface area contributed by atoms with E-state index in [1.807, 2.05) is 0 Å². The lowest BCUT2D eigenvalue weighted by Crippen LogP contribution is -2.24. The van der Waals surface area contributed by atoms with Gasteiger partial charge in [-0.05, 0) is 23.8 Å². The fraction of sp³-hybridized carbons (Fsp3) is 0.0769. The molecular weight excluding hydrogens is 219 g/mol. The number of amides is 1. The third-order valence-corrected chi connectivity index (χ3v) is 1.95. The Kier molecular flexibility index (Phi) is 4.64. The average molecular weight is 230 g/mol. The predicted molar refractivity (Wildman–Crippen MR) is 63.2 cm³/mol. The number of halogens is 1. The molecule has 0 aromatic heterocycles. The molecule has 0 aliphatic carbocycles. The van der Waals surface area contributed by atoms with Gasteiger partial charge in [0.05, 0.1) is 0 Å². The average Bonchev–Trinajstić information content (AvgIpc) is 2.35. The van der Waals surface area contributed by atoms with E-state index in [2.05, 4.69) is 11.9 Å². The van der Waals surface area contributed by atoms with Crippen molar-refractivity contribution >= 4 is 12.0 Å². The lowest BCUT2D eigenvalue weighted by atomic mass is 10.1. The summed E-state index contributed by atoms with van der Waals surface area (Å²) in [6.07, 6.45) is 2.92. The van der Waals surface area contributed by atoms with Crippen LogP contribution in [0.5, 0.6) is 0 Å². The largest absolute Gasteiger partial charge is 0.348 e. The number of hydrogen-bond donors (Lipinski definition) is 1. The number of nitrogens with zero attached hydrogens (tertiary/aromatic N) is 1. The minimum Gasteiger partial charge on any atom is -0.348 e. The van der Waals surface area contributed by atoms with Crippen LogP contribution in [0.1, 0.15) is 5.56 Å². The van der Waals surface area contributed by atoms with Crippen LogP contribution >= 0.6 is 0 Å². The number of carbonyl (C=O) groups is 1. The highest BCUT2D eigenvalue weighted by Crippen LogP contribution is 2.08. The summed E-state index contributed by atoms with van der Waals surface area (Å²) in [6, 6.07) is 7.31. The van der Waals surface area contributed by atoms with Crippen LogP contribution in [-0.4, -0.2) is 12.5 Å². The summed E-state index contributed by atoms with van der Waals surface area (Å²) in [5.41, 5.74) is 0.565. The summed E-state index contributed by atoms with van der Waals surface area (Å²) in [6.45, 7) is 3.75. The highest BCUT2D eigenvalue weighted by atomic mass is 19.1. The number of nitrogens with one attached hydrogen (secondary N) is 1. The second-order valence-electron chi connectivity index (χ2n) is 3.22. The zero-order valence-corrected chi connectivity index (χ0v) is 9.11.